The molecule has 3 aliphatic carbocycles. The van der Waals surface area contributed by atoms with Crippen LogP contribution in [0, 0.1) is 36.4 Å². The number of halogens is 1. The second kappa shape index (κ2) is 14.0. The third-order valence-electron chi connectivity index (χ3n) is 12.3. The average Bonchev–Trinajstić information content (AvgIpc) is 3.83. The predicted octanol–water partition coefficient (Wildman–Crippen LogP) is 6.27. The van der Waals surface area contributed by atoms with Crippen LogP contribution in [0.5, 0.6) is 0 Å². The Hall–Kier alpha value is -2.15. The topological polar surface area (TPSA) is 98.8 Å². The number of nitrogens with zero attached hydrogens (tertiary/aromatic N) is 3. The highest BCUT2D eigenvalue weighted by molar-refractivity contribution is 7.90. The van der Waals surface area contributed by atoms with Gasteiger partial charge in [0.15, 0.2) is 0 Å². The third kappa shape index (κ3) is 8.08. The summed E-state index contributed by atoms with van der Waals surface area (Å²) >= 11 is 0. The molecule has 0 amide bonds. The number of ether oxygens (including phenoxy) is 1. The fraction of sp³-hybridized carbons (Fsp3) is 0.718. The van der Waals surface area contributed by atoms with Gasteiger partial charge in [-0.1, -0.05) is 45.4 Å². The highest BCUT2D eigenvalue weighted by Gasteiger charge is 2.54. The van der Waals surface area contributed by atoms with Crippen LogP contribution in [0.3, 0.4) is 0 Å². The van der Waals surface area contributed by atoms with Gasteiger partial charge in [-0.25, -0.2) is 17.8 Å². The smallest absolute Gasteiger partial charge is 0.216 e. The second-order valence-corrected chi connectivity index (χ2v) is 19.6. The number of fused-ring (bicyclic) bond motifs is 4. The van der Waals surface area contributed by atoms with Gasteiger partial charge in [-0.05, 0) is 111 Å². The van der Waals surface area contributed by atoms with E-state index >= 15 is 4.39 Å². The number of aromatic nitrogens is 1. The summed E-state index contributed by atoms with van der Waals surface area (Å²) in [6.45, 7) is 12.4. The lowest BCUT2D eigenvalue weighted by Crippen LogP contribution is -2.64. The molecule has 5 aliphatic rings. The summed E-state index contributed by atoms with van der Waals surface area (Å²) in [4.78, 5) is 9.59. The largest absolute Gasteiger partial charge is 0.362 e. The molecule has 0 radical (unpaired) electrons. The van der Waals surface area contributed by atoms with E-state index in [9.17, 15) is 8.42 Å². The van der Waals surface area contributed by atoms with Crippen LogP contribution in [0.15, 0.2) is 30.3 Å². The van der Waals surface area contributed by atoms with Gasteiger partial charge in [-0.2, -0.15) is 4.72 Å². The molecule has 7 rings (SSSR count). The lowest BCUT2D eigenvalue weighted by Gasteiger charge is -2.42. The van der Waals surface area contributed by atoms with Crippen molar-refractivity contribution in [1.29, 1.82) is 0 Å². The van der Waals surface area contributed by atoms with Crippen molar-refractivity contribution < 1.29 is 17.5 Å². The monoisotopic (exact) mass is 710 g/mol. The minimum absolute atomic E-state index is 0.0118. The summed E-state index contributed by atoms with van der Waals surface area (Å²) in [6.07, 6.45) is 8.53. The fourth-order valence-electron chi connectivity index (χ4n) is 9.36. The maximum Gasteiger partial charge on any atom is 0.216 e. The van der Waals surface area contributed by atoms with Crippen molar-refractivity contribution in [3.05, 3.63) is 58.5 Å². The first-order chi connectivity index (χ1) is 23.7. The lowest BCUT2D eigenvalue weighted by atomic mass is 9.76. The van der Waals surface area contributed by atoms with Gasteiger partial charge in [-0.15, -0.1) is 0 Å². The minimum Gasteiger partial charge on any atom is -0.362 e. The summed E-state index contributed by atoms with van der Waals surface area (Å²) in [5.41, 5.74) is 4.53. The number of pyridine rings is 1. The number of sulfonamides is 1. The van der Waals surface area contributed by atoms with Crippen molar-refractivity contribution in [2.75, 3.05) is 25.1 Å². The van der Waals surface area contributed by atoms with Crippen LogP contribution >= 0.6 is 0 Å². The molecule has 1 aromatic heterocycles. The third-order valence-corrected chi connectivity index (χ3v) is 14.2. The molecule has 5 unspecified atom stereocenters. The molecule has 4 bridgehead atoms. The summed E-state index contributed by atoms with van der Waals surface area (Å²) in [6, 6.07) is 10.0. The Morgan fingerprint density at radius 2 is 1.80 bits per heavy atom. The molecule has 2 aromatic rings. The quantitative estimate of drug-likeness (QED) is 0.323. The molecule has 50 heavy (non-hydrogen) atoms. The molecule has 5 fully saturated rings. The van der Waals surface area contributed by atoms with E-state index in [1.54, 1.807) is 6.07 Å². The Bertz CT molecular complexity index is 1620. The molecule has 3 heterocycles. The van der Waals surface area contributed by atoms with E-state index in [4.69, 9.17) is 9.72 Å². The molecule has 3 N–H and O–H groups in total. The molecular weight excluding hydrogens is 652 g/mol. The molecule has 6 atom stereocenters. The van der Waals surface area contributed by atoms with E-state index in [0.717, 1.165) is 25.1 Å². The number of anilines is 1. The number of benzene rings is 1. The van der Waals surface area contributed by atoms with Crippen molar-refractivity contribution in [3.63, 3.8) is 0 Å². The SMILES string of the molecule is Cc1cccc(C)c1C1CC2NC(N1)NS(=O)(=O)C1CCCC(C1)CN(Cc1nc(N(C)C3CC4(CC4)C3)ccc1F)[C@H](CC(C)(C)C)CO2. The van der Waals surface area contributed by atoms with Crippen LogP contribution in [-0.2, 0) is 21.3 Å². The normalized spacial score (nSPS) is 31.6. The zero-order chi connectivity index (χ0) is 35.4. The van der Waals surface area contributed by atoms with E-state index in [2.05, 4.69) is 85.0 Å². The summed E-state index contributed by atoms with van der Waals surface area (Å²) in [5, 5.41) is 6.53. The average molecular weight is 711 g/mol. The number of aryl methyl sites for hydroxylation is 2. The van der Waals surface area contributed by atoms with Crippen LogP contribution in [0.4, 0.5) is 10.2 Å². The number of hydrogen-bond acceptors (Lipinski definition) is 8. The van der Waals surface area contributed by atoms with Gasteiger partial charge in [0.25, 0.3) is 0 Å². The first kappa shape index (κ1) is 36.2. The number of nitrogens with one attached hydrogen (secondary N) is 3. The zero-order valence-electron chi connectivity index (χ0n) is 31.0. The van der Waals surface area contributed by atoms with E-state index in [1.807, 2.05) is 6.07 Å². The molecular formula is C39H59FN6O3S. The lowest BCUT2D eigenvalue weighted by molar-refractivity contribution is -0.0518. The second-order valence-electron chi connectivity index (χ2n) is 17.6. The van der Waals surface area contributed by atoms with Gasteiger partial charge >= 0.3 is 0 Å². The molecule has 2 saturated heterocycles. The number of hydrogen-bond donors (Lipinski definition) is 3. The Morgan fingerprint density at radius 1 is 1.06 bits per heavy atom. The van der Waals surface area contributed by atoms with Gasteiger partial charge in [0.05, 0.1) is 17.6 Å². The van der Waals surface area contributed by atoms with E-state index in [0.29, 0.717) is 56.1 Å². The van der Waals surface area contributed by atoms with Crippen molar-refractivity contribution in [2.45, 2.75) is 141 Å². The molecule has 3 saturated carbocycles. The molecule has 1 spiro atoms. The molecule has 276 valence electrons. The molecule has 1 aromatic carbocycles. The molecule has 9 nitrogen and oxygen atoms in total. The Labute approximate surface area is 299 Å². The highest BCUT2D eigenvalue weighted by Crippen LogP contribution is 2.61. The highest BCUT2D eigenvalue weighted by atomic mass is 32.2. The standard InChI is InChI=1S/C39H59FN6O3S/c1-25-9-7-10-26(2)36(25)32-18-35-43-37(42-32)44-50(47,48)30-12-8-11-27(17-30)22-46(29(24-49-35)19-38(3,4)5)23-33-31(40)13-14-34(41-33)45(6)28-20-39(21-28)15-16-39/h7,9-10,13-14,27-30,32,35,37,42-44H,8,11-12,15-24H2,1-6H3/t27?,29-,30?,32?,35?,37?/m1/s1. The van der Waals surface area contributed by atoms with Gasteiger partial charge in [0.2, 0.25) is 10.0 Å². The van der Waals surface area contributed by atoms with Gasteiger partial charge in [0.1, 0.15) is 24.2 Å². The van der Waals surface area contributed by atoms with Crippen LogP contribution in [0.2, 0.25) is 0 Å². The van der Waals surface area contributed by atoms with Crippen LogP contribution in [0.25, 0.3) is 0 Å². The van der Waals surface area contributed by atoms with Crippen molar-refractivity contribution in [3.8, 4) is 0 Å². The first-order valence-electron chi connectivity index (χ1n) is 19.0. The van der Waals surface area contributed by atoms with Crippen LogP contribution in [0.1, 0.15) is 113 Å². The van der Waals surface area contributed by atoms with Crippen LogP contribution in [-0.4, -0.2) is 68.4 Å². The summed E-state index contributed by atoms with van der Waals surface area (Å²) in [5.74, 6) is 0.698. The van der Waals surface area contributed by atoms with E-state index < -0.39 is 21.6 Å². The first-order valence-corrected chi connectivity index (χ1v) is 20.5. The zero-order valence-corrected chi connectivity index (χ0v) is 31.8. The van der Waals surface area contributed by atoms with Gasteiger partial charge in [0, 0.05) is 44.7 Å². The Kier molecular flexibility index (Phi) is 10.1. The summed E-state index contributed by atoms with van der Waals surface area (Å²) < 4.78 is 53.5. The van der Waals surface area contributed by atoms with E-state index in [-0.39, 0.29) is 35.5 Å². The number of rotatable bonds is 6. The summed E-state index contributed by atoms with van der Waals surface area (Å²) in [7, 11) is -1.55. The van der Waals surface area contributed by atoms with Crippen molar-refractivity contribution in [2.24, 2.45) is 16.7 Å². The Morgan fingerprint density at radius 3 is 2.50 bits per heavy atom. The molecule has 2 aliphatic heterocycles. The van der Waals surface area contributed by atoms with Crippen molar-refractivity contribution in [1.82, 2.24) is 25.2 Å². The van der Waals surface area contributed by atoms with Crippen molar-refractivity contribution >= 4 is 15.8 Å². The van der Waals surface area contributed by atoms with E-state index in [1.165, 1.54) is 42.4 Å². The van der Waals surface area contributed by atoms with Crippen LogP contribution < -0.4 is 20.3 Å². The Balaban J connectivity index is 1.20. The fourth-order valence-corrected chi connectivity index (χ4v) is 11.0. The maximum absolute atomic E-state index is 15.7. The molecule has 11 heteroatoms. The van der Waals surface area contributed by atoms with Gasteiger partial charge < -0.3 is 9.64 Å². The maximum atomic E-state index is 15.7. The predicted molar refractivity (Wildman–Crippen MR) is 196 cm³/mol. The minimum atomic E-state index is -3.65. The van der Waals surface area contributed by atoms with Gasteiger partial charge in [-0.3, -0.25) is 15.5 Å².